The van der Waals surface area contributed by atoms with Crippen molar-refractivity contribution >= 4 is 29.3 Å². The minimum absolute atomic E-state index is 0.0768. The molecular weight excluding hydrogens is 232 g/mol. The Hall–Kier alpha value is -1.63. The first kappa shape index (κ1) is 12.4. The van der Waals surface area contributed by atoms with Gasteiger partial charge in [0.1, 0.15) is 0 Å². The maximum atomic E-state index is 11.5. The second-order valence-electron chi connectivity index (χ2n) is 3.13. The molecule has 1 aliphatic heterocycles. The molecule has 1 rings (SSSR count). The monoisotopic (exact) mass is 244 g/mol. The normalized spacial score (nSPS) is 19.9. The van der Waals surface area contributed by atoms with Crippen molar-refractivity contribution in [3.05, 3.63) is 11.3 Å². The molecule has 1 heterocycles. The van der Waals surface area contributed by atoms with Crippen molar-refractivity contribution in [2.24, 2.45) is 0 Å². The Morgan fingerprint density at radius 2 is 2.19 bits per heavy atom. The van der Waals surface area contributed by atoms with Gasteiger partial charge in [0.2, 0.25) is 0 Å². The van der Waals surface area contributed by atoms with E-state index in [4.69, 9.17) is 22.1 Å². The molecule has 88 valence electrons. The van der Waals surface area contributed by atoms with Gasteiger partial charge in [-0.1, -0.05) is 0 Å². The zero-order valence-electron chi connectivity index (χ0n) is 8.86. The summed E-state index contributed by atoms with van der Waals surface area (Å²) in [6, 6.07) is -1.05. The lowest BCUT2D eigenvalue weighted by atomic mass is 10.0. The fourth-order valence-electron chi connectivity index (χ4n) is 1.38. The molecule has 0 saturated heterocycles. The average molecular weight is 244 g/mol. The van der Waals surface area contributed by atoms with Crippen molar-refractivity contribution in [3.8, 4) is 0 Å². The van der Waals surface area contributed by atoms with E-state index in [2.05, 4.69) is 10.6 Å². The van der Waals surface area contributed by atoms with Crippen molar-refractivity contribution in [1.82, 2.24) is 10.6 Å². The molecule has 0 fully saturated rings. The lowest BCUT2D eigenvalue weighted by Crippen LogP contribution is -2.53. The van der Waals surface area contributed by atoms with Crippen molar-refractivity contribution in [2.75, 3.05) is 6.61 Å². The summed E-state index contributed by atoms with van der Waals surface area (Å²) in [4.78, 5) is 22.5. The van der Waals surface area contributed by atoms with E-state index in [0.29, 0.717) is 5.70 Å². The number of aliphatic carboxylic acids is 1. The Morgan fingerprint density at radius 3 is 2.69 bits per heavy atom. The van der Waals surface area contributed by atoms with Crippen molar-refractivity contribution in [3.63, 3.8) is 0 Å². The Bertz CT molecular complexity index is 378. The number of carbonyl (C=O) groups is 2. The number of nitrogens with one attached hydrogen (secondary N) is 2. The topological polar surface area (TPSA) is 87.7 Å². The molecule has 0 radical (unpaired) electrons. The van der Waals surface area contributed by atoms with E-state index in [0.717, 1.165) is 0 Å². The van der Waals surface area contributed by atoms with Gasteiger partial charge in [-0.05, 0) is 26.1 Å². The van der Waals surface area contributed by atoms with Gasteiger partial charge in [0.15, 0.2) is 11.2 Å². The van der Waals surface area contributed by atoms with Crippen LogP contribution in [0.4, 0.5) is 0 Å². The molecule has 0 aliphatic carbocycles. The van der Waals surface area contributed by atoms with Crippen molar-refractivity contribution in [2.45, 2.75) is 19.9 Å². The van der Waals surface area contributed by atoms with Gasteiger partial charge < -0.3 is 20.5 Å². The van der Waals surface area contributed by atoms with Crippen LogP contribution < -0.4 is 10.6 Å². The number of thiocarbonyl (C=S) groups is 1. The molecule has 0 aromatic carbocycles. The fraction of sp³-hybridized carbons (Fsp3) is 0.444. The predicted molar refractivity (Wildman–Crippen MR) is 59.6 cm³/mol. The number of esters is 1. The van der Waals surface area contributed by atoms with E-state index in [1.807, 2.05) is 0 Å². The molecule has 0 bridgehead atoms. The summed E-state index contributed by atoms with van der Waals surface area (Å²) in [6.07, 6.45) is 0. The Morgan fingerprint density at radius 1 is 1.56 bits per heavy atom. The second kappa shape index (κ2) is 4.93. The quantitative estimate of drug-likeness (QED) is 0.466. The zero-order valence-corrected chi connectivity index (χ0v) is 9.68. The molecule has 0 amide bonds. The Labute approximate surface area is 97.7 Å². The third-order valence-corrected chi connectivity index (χ3v) is 2.24. The first-order valence-corrected chi connectivity index (χ1v) is 5.06. The van der Waals surface area contributed by atoms with Crippen LogP contribution in [0.1, 0.15) is 13.8 Å². The zero-order chi connectivity index (χ0) is 12.3. The highest BCUT2D eigenvalue weighted by atomic mass is 32.1. The van der Waals surface area contributed by atoms with Gasteiger partial charge in [0, 0.05) is 5.70 Å². The van der Waals surface area contributed by atoms with Crippen LogP contribution in [0.25, 0.3) is 0 Å². The van der Waals surface area contributed by atoms with E-state index >= 15 is 0 Å². The fourth-order valence-corrected chi connectivity index (χ4v) is 1.65. The third-order valence-electron chi connectivity index (χ3n) is 2.02. The highest BCUT2D eigenvalue weighted by Crippen LogP contribution is 2.13. The summed E-state index contributed by atoms with van der Waals surface area (Å²) in [5.74, 6) is -1.83. The van der Waals surface area contributed by atoms with Gasteiger partial charge in [-0.3, -0.25) is 0 Å². The highest BCUT2D eigenvalue weighted by Gasteiger charge is 2.34. The van der Waals surface area contributed by atoms with Crippen LogP contribution >= 0.6 is 12.2 Å². The SMILES string of the molecule is CCOC(=O)C1NC(=S)NC(C)=C1C(=O)O. The number of carboxylic acid groups (broad SMARTS) is 1. The predicted octanol–water partition coefficient (Wildman–Crippen LogP) is -0.246. The van der Waals surface area contributed by atoms with Crippen LogP contribution in [0.2, 0.25) is 0 Å². The standard InChI is InChI=1S/C9H12N2O4S/c1-3-15-8(14)6-5(7(12)13)4(2)10-9(16)11-6/h6H,3H2,1-2H3,(H,12,13)(H2,10,11,16). The van der Waals surface area contributed by atoms with E-state index < -0.39 is 18.0 Å². The molecule has 0 aromatic rings. The molecule has 1 atom stereocenters. The van der Waals surface area contributed by atoms with Crippen LogP contribution in [0.5, 0.6) is 0 Å². The van der Waals surface area contributed by atoms with Crippen molar-refractivity contribution < 1.29 is 19.4 Å². The first-order chi connectivity index (χ1) is 7.47. The number of ether oxygens (including phenoxy) is 1. The number of carbonyl (C=O) groups excluding carboxylic acids is 1. The first-order valence-electron chi connectivity index (χ1n) is 4.65. The Balaban J connectivity index is 3.04. The molecule has 7 heteroatoms. The van der Waals surface area contributed by atoms with Gasteiger partial charge >= 0.3 is 11.9 Å². The van der Waals surface area contributed by atoms with Gasteiger partial charge in [0.05, 0.1) is 12.2 Å². The smallest absolute Gasteiger partial charge is 0.336 e. The third kappa shape index (κ3) is 2.48. The van der Waals surface area contributed by atoms with Gasteiger partial charge in [-0.2, -0.15) is 0 Å². The summed E-state index contributed by atoms with van der Waals surface area (Å²) < 4.78 is 4.77. The largest absolute Gasteiger partial charge is 0.478 e. The summed E-state index contributed by atoms with van der Waals surface area (Å²) in [7, 11) is 0. The molecule has 1 unspecified atom stereocenters. The van der Waals surface area contributed by atoms with E-state index in [1.165, 1.54) is 0 Å². The number of hydrogen-bond donors (Lipinski definition) is 3. The van der Waals surface area contributed by atoms with Gasteiger partial charge in [-0.25, -0.2) is 9.59 Å². The maximum Gasteiger partial charge on any atom is 0.336 e. The maximum absolute atomic E-state index is 11.5. The van der Waals surface area contributed by atoms with Crippen LogP contribution in [-0.2, 0) is 14.3 Å². The van der Waals surface area contributed by atoms with E-state index in [1.54, 1.807) is 13.8 Å². The van der Waals surface area contributed by atoms with Crippen LogP contribution in [0.3, 0.4) is 0 Å². The molecular formula is C9H12N2O4S. The summed E-state index contributed by atoms with van der Waals surface area (Å²) >= 11 is 4.85. The highest BCUT2D eigenvalue weighted by molar-refractivity contribution is 7.80. The minimum Gasteiger partial charge on any atom is -0.478 e. The average Bonchev–Trinajstić information content (AvgIpc) is 2.15. The lowest BCUT2D eigenvalue weighted by Gasteiger charge is -2.26. The number of rotatable bonds is 3. The molecule has 3 N–H and O–H groups in total. The van der Waals surface area contributed by atoms with E-state index in [9.17, 15) is 9.59 Å². The van der Waals surface area contributed by atoms with E-state index in [-0.39, 0.29) is 17.3 Å². The molecule has 0 aromatic heterocycles. The Kier molecular flexibility index (Phi) is 3.83. The van der Waals surface area contributed by atoms with Crippen LogP contribution in [-0.4, -0.2) is 34.8 Å². The van der Waals surface area contributed by atoms with Crippen molar-refractivity contribution in [1.29, 1.82) is 0 Å². The summed E-state index contributed by atoms with van der Waals surface area (Å²) in [6.45, 7) is 3.38. The van der Waals surface area contributed by atoms with Crippen LogP contribution in [0, 0.1) is 0 Å². The molecule has 6 nitrogen and oxygen atoms in total. The van der Waals surface area contributed by atoms with Gasteiger partial charge in [0.25, 0.3) is 0 Å². The summed E-state index contributed by atoms with van der Waals surface area (Å²) in [5, 5.41) is 14.4. The number of allylic oxidation sites excluding steroid dienone is 1. The van der Waals surface area contributed by atoms with Crippen LogP contribution in [0.15, 0.2) is 11.3 Å². The minimum atomic E-state index is -1.18. The molecule has 16 heavy (non-hydrogen) atoms. The molecule has 0 saturated carbocycles. The summed E-state index contributed by atoms with van der Waals surface area (Å²) in [5.41, 5.74) is 0.265. The van der Waals surface area contributed by atoms with Gasteiger partial charge in [-0.15, -0.1) is 0 Å². The lowest BCUT2D eigenvalue weighted by molar-refractivity contribution is -0.146. The number of carboxylic acids is 1. The number of hydrogen-bond acceptors (Lipinski definition) is 4. The second-order valence-corrected chi connectivity index (χ2v) is 3.54. The molecule has 0 spiro atoms. The molecule has 1 aliphatic rings.